The highest BCUT2D eigenvalue weighted by Crippen LogP contribution is 2.54. The molecule has 9 heteroatoms. The lowest BCUT2D eigenvalue weighted by Crippen LogP contribution is -2.33. The smallest absolute Gasteiger partial charge is 0.414 e. The predicted octanol–water partition coefficient (Wildman–Crippen LogP) is 1.39. The van der Waals surface area contributed by atoms with Gasteiger partial charge in [0.05, 0.1) is 24.9 Å². The number of nitrogens with zero attached hydrogens (tertiary/aromatic N) is 2. The van der Waals surface area contributed by atoms with Crippen molar-refractivity contribution in [3.05, 3.63) is 23.8 Å². The first-order chi connectivity index (χ1) is 12.8. The molecule has 1 aromatic carbocycles. The first kappa shape index (κ1) is 18.0. The standard InChI is InChI=1S/C18H21F2N3O4/c1-10(24)21-6-12-7-23(17(26)27-12)11-4-13(19)16(14(20)5-11)22-8-15(25)18(9-22)2-3-18/h4-5,12,15,25H,2-3,6-9H2,1H3,(H,21,24)/t12-,15?/m0/s1. The van der Waals surface area contributed by atoms with Gasteiger partial charge in [-0.3, -0.25) is 9.69 Å². The number of β-amino-alcohol motifs (C(OH)–C–C–N with tert-alkyl or cyclic N) is 1. The summed E-state index contributed by atoms with van der Waals surface area (Å²) in [5, 5.41) is 12.7. The molecule has 0 radical (unpaired) electrons. The van der Waals surface area contributed by atoms with Crippen LogP contribution in [0.25, 0.3) is 0 Å². The number of ether oxygens (including phenoxy) is 1. The lowest BCUT2D eigenvalue weighted by Gasteiger charge is -2.22. The summed E-state index contributed by atoms with van der Waals surface area (Å²) in [7, 11) is 0. The summed E-state index contributed by atoms with van der Waals surface area (Å²) in [6.45, 7) is 2.18. The number of aliphatic hydroxyl groups is 1. The molecule has 7 nitrogen and oxygen atoms in total. The summed E-state index contributed by atoms with van der Waals surface area (Å²) in [6, 6.07) is 2.20. The summed E-state index contributed by atoms with van der Waals surface area (Å²) in [4.78, 5) is 25.7. The maximum Gasteiger partial charge on any atom is 0.414 e. The Balaban J connectivity index is 1.52. The number of cyclic esters (lactones) is 1. The van der Waals surface area contributed by atoms with Crippen molar-refractivity contribution in [2.75, 3.05) is 36.0 Å². The molecule has 2 amide bonds. The van der Waals surface area contributed by atoms with Crippen molar-refractivity contribution in [2.45, 2.75) is 32.0 Å². The fourth-order valence-corrected chi connectivity index (χ4v) is 3.88. The van der Waals surface area contributed by atoms with Gasteiger partial charge < -0.3 is 20.1 Å². The fourth-order valence-electron chi connectivity index (χ4n) is 3.88. The van der Waals surface area contributed by atoms with Crippen LogP contribution in [0.4, 0.5) is 25.0 Å². The van der Waals surface area contributed by atoms with E-state index in [0.717, 1.165) is 29.9 Å². The summed E-state index contributed by atoms with van der Waals surface area (Å²) in [5.41, 5.74) is -0.346. The SMILES string of the molecule is CC(=O)NC[C@H]1CN(c2cc(F)c(N3CC(O)C4(CC4)C3)c(F)c2)C(=O)O1. The van der Waals surface area contributed by atoms with Crippen LogP contribution >= 0.6 is 0 Å². The first-order valence-corrected chi connectivity index (χ1v) is 8.94. The first-order valence-electron chi connectivity index (χ1n) is 8.94. The number of anilines is 2. The lowest BCUT2D eigenvalue weighted by atomic mass is 10.0. The molecule has 2 saturated heterocycles. The highest BCUT2D eigenvalue weighted by atomic mass is 19.1. The van der Waals surface area contributed by atoms with E-state index in [2.05, 4.69) is 5.32 Å². The minimum Gasteiger partial charge on any atom is -0.442 e. The Hall–Kier alpha value is -2.42. The average Bonchev–Trinajstić information content (AvgIpc) is 3.16. The number of rotatable bonds is 4. The maximum absolute atomic E-state index is 14.7. The number of hydrogen-bond acceptors (Lipinski definition) is 5. The van der Waals surface area contributed by atoms with Gasteiger partial charge in [0.25, 0.3) is 0 Å². The molecule has 1 aliphatic carbocycles. The monoisotopic (exact) mass is 381 g/mol. The van der Waals surface area contributed by atoms with Crippen molar-refractivity contribution in [3.8, 4) is 0 Å². The molecule has 27 heavy (non-hydrogen) atoms. The van der Waals surface area contributed by atoms with Crippen LogP contribution in [0.2, 0.25) is 0 Å². The minimum atomic E-state index is -0.784. The van der Waals surface area contributed by atoms with Gasteiger partial charge in [0.15, 0.2) is 11.6 Å². The number of nitrogens with one attached hydrogen (secondary N) is 1. The van der Waals surface area contributed by atoms with Crippen molar-refractivity contribution in [3.63, 3.8) is 0 Å². The molecule has 0 aromatic heterocycles. The molecule has 1 spiro atoms. The Labute approximate surface area is 154 Å². The zero-order valence-corrected chi connectivity index (χ0v) is 14.9. The number of carbonyl (C=O) groups is 2. The Kier molecular flexibility index (Phi) is 4.21. The van der Waals surface area contributed by atoms with Gasteiger partial charge in [-0.25, -0.2) is 13.6 Å². The molecule has 2 heterocycles. The van der Waals surface area contributed by atoms with E-state index in [1.807, 2.05) is 0 Å². The van der Waals surface area contributed by atoms with E-state index in [0.29, 0.717) is 6.54 Å². The van der Waals surface area contributed by atoms with Gasteiger partial charge in [-0.1, -0.05) is 0 Å². The Morgan fingerprint density at radius 3 is 2.56 bits per heavy atom. The van der Waals surface area contributed by atoms with Gasteiger partial charge in [-0.2, -0.15) is 0 Å². The molecule has 2 atom stereocenters. The zero-order chi connectivity index (χ0) is 19.3. The quantitative estimate of drug-likeness (QED) is 0.824. The van der Waals surface area contributed by atoms with Crippen molar-refractivity contribution in [1.29, 1.82) is 0 Å². The van der Waals surface area contributed by atoms with E-state index in [9.17, 15) is 23.5 Å². The molecule has 2 N–H and O–H groups in total. The second-order valence-corrected chi connectivity index (χ2v) is 7.57. The van der Waals surface area contributed by atoms with Crippen molar-refractivity contribution in [1.82, 2.24) is 5.32 Å². The van der Waals surface area contributed by atoms with Crippen LogP contribution in [0, 0.1) is 17.0 Å². The molecule has 3 fully saturated rings. The maximum atomic E-state index is 14.7. The third-order valence-electron chi connectivity index (χ3n) is 5.58. The summed E-state index contributed by atoms with van der Waals surface area (Å²) < 4.78 is 34.5. The highest BCUT2D eigenvalue weighted by Gasteiger charge is 2.55. The second kappa shape index (κ2) is 6.33. The van der Waals surface area contributed by atoms with Gasteiger partial charge in [0.1, 0.15) is 11.8 Å². The van der Waals surface area contributed by atoms with Gasteiger partial charge >= 0.3 is 6.09 Å². The van der Waals surface area contributed by atoms with Gasteiger partial charge in [0.2, 0.25) is 5.91 Å². The molecule has 146 valence electrons. The summed E-state index contributed by atoms with van der Waals surface area (Å²) in [5.74, 6) is -1.83. The van der Waals surface area contributed by atoms with E-state index in [1.165, 1.54) is 11.8 Å². The number of benzene rings is 1. The fraction of sp³-hybridized carbons (Fsp3) is 0.556. The van der Waals surface area contributed by atoms with Crippen LogP contribution in [-0.2, 0) is 9.53 Å². The van der Waals surface area contributed by atoms with Crippen LogP contribution in [-0.4, -0.2) is 55.5 Å². The molecular formula is C18H21F2N3O4. The van der Waals surface area contributed by atoms with Gasteiger partial charge in [-0.05, 0) is 12.8 Å². The molecule has 4 rings (SSSR count). The average molecular weight is 381 g/mol. The van der Waals surface area contributed by atoms with E-state index in [-0.39, 0.29) is 42.3 Å². The van der Waals surface area contributed by atoms with Crippen molar-refractivity contribution >= 4 is 23.4 Å². The number of amides is 2. The van der Waals surface area contributed by atoms with Crippen molar-refractivity contribution in [2.24, 2.45) is 5.41 Å². The van der Waals surface area contributed by atoms with Crippen LogP contribution in [0.15, 0.2) is 12.1 Å². The van der Waals surface area contributed by atoms with Crippen LogP contribution in [0.3, 0.4) is 0 Å². The third kappa shape index (κ3) is 3.20. The molecule has 3 aliphatic rings. The van der Waals surface area contributed by atoms with Crippen LogP contribution < -0.4 is 15.1 Å². The van der Waals surface area contributed by atoms with Crippen LogP contribution in [0.1, 0.15) is 19.8 Å². The predicted molar refractivity (Wildman–Crippen MR) is 92.5 cm³/mol. The zero-order valence-electron chi connectivity index (χ0n) is 14.9. The van der Waals surface area contributed by atoms with E-state index in [1.54, 1.807) is 0 Å². The topological polar surface area (TPSA) is 82.1 Å². The largest absolute Gasteiger partial charge is 0.442 e. The molecule has 1 aromatic rings. The molecule has 1 unspecified atom stereocenters. The van der Waals surface area contributed by atoms with E-state index < -0.39 is 29.9 Å². The van der Waals surface area contributed by atoms with Crippen molar-refractivity contribution < 1.29 is 28.2 Å². The molecule has 1 saturated carbocycles. The number of halogens is 2. The lowest BCUT2D eigenvalue weighted by molar-refractivity contribution is -0.119. The minimum absolute atomic E-state index is 0.0601. The second-order valence-electron chi connectivity index (χ2n) is 7.57. The molecular weight excluding hydrogens is 360 g/mol. The number of aliphatic hydroxyl groups excluding tert-OH is 1. The Bertz CT molecular complexity index is 776. The molecule has 2 aliphatic heterocycles. The number of hydrogen-bond donors (Lipinski definition) is 2. The van der Waals surface area contributed by atoms with Gasteiger partial charge in [0, 0.05) is 37.6 Å². The number of carbonyl (C=O) groups excluding carboxylic acids is 2. The molecule has 0 bridgehead atoms. The summed E-state index contributed by atoms with van der Waals surface area (Å²) in [6.07, 6.45) is -0.164. The van der Waals surface area contributed by atoms with E-state index in [4.69, 9.17) is 4.74 Å². The third-order valence-corrected chi connectivity index (χ3v) is 5.58. The van der Waals surface area contributed by atoms with Gasteiger partial charge in [-0.15, -0.1) is 0 Å². The Morgan fingerprint density at radius 2 is 2.00 bits per heavy atom. The summed E-state index contributed by atoms with van der Waals surface area (Å²) >= 11 is 0. The Morgan fingerprint density at radius 1 is 1.33 bits per heavy atom. The van der Waals surface area contributed by atoms with Crippen LogP contribution in [0.5, 0.6) is 0 Å². The normalized spacial score (nSPS) is 25.9. The highest BCUT2D eigenvalue weighted by molar-refractivity contribution is 5.90. The van der Waals surface area contributed by atoms with E-state index >= 15 is 0 Å².